The van der Waals surface area contributed by atoms with Crippen LogP contribution in [0, 0.1) is 0 Å². The molecule has 4 nitrogen and oxygen atoms in total. The van der Waals surface area contributed by atoms with E-state index in [0.717, 1.165) is 5.56 Å². The van der Waals surface area contributed by atoms with Gasteiger partial charge in [-0.25, -0.2) is 0 Å². The molecule has 1 rings (SSSR count). The van der Waals surface area contributed by atoms with Crippen LogP contribution >= 0.6 is 0 Å². The molecule has 0 aromatic heterocycles. The summed E-state index contributed by atoms with van der Waals surface area (Å²) >= 11 is 0. The number of carboxylic acids is 1. The van der Waals surface area contributed by atoms with Crippen LogP contribution in [0.4, 0.5) is 0 Å². The molecular weight excluding hydrogens is 230 g/mol. The number of carbonyl (C=O) groups is 1. The van der Waals surface area contributed by atoms with Gasteiger partial charge < -0.3 is 9.84 Å². The molecule has 1 aromatic carbocycles. The second-order valence-corrected chi connectivity index (χ2v) is 5.29. The molecule has 0 bridgehead atoms. The highest BCUT2D eigenvalue weighted by Gasteiger charge is 2.23. The van der Waals surface area contributed by atoms with Gasteiger partial charge in [0, 0.05) is 5.54 Å². The number of rotatable bonds is 6. The van der Waals surface area contributed by atoms with Gasteiger partial charge in [0.25, 0.3) is 0 Å². The van der Waals surface area contributed by atoms with Crippen LogP contribution in [-0.2, 0) is 16.1 Å². The standard InChI is InChI=1S/C14H21NO3/c1-14(2,3)15-12(13(16)17)10-18-9-11-7-5-4-6-8-11/h4-8,12,15H,9-10H2,1-3H3,(H,16,17). The van der Waals surface area contributed by atoms with Crippen molar-refractivity contribution >= 4 is 5.97 Å². The van der Waals surface area contributed by atoms with Gasteiger partial charge in [0.15, 0.2) is 0 Å². The maximum Gasteiger partial charge on any atom is 0.323 e. The van der Waals surface area contributed by atoms with Crippen molar-refractivity contribution in [2.24, 2.45) is 0 Å². The van der Waals surface area contributed by atoms with Crippen molar-refractivity contribution in [2.45, 2.75) is 39.0 Å². The van der Waals surface area contributed by atoms with E-state index in [9.17, 15) is 4.79 Å². The fourth-order valence-electron chi connectivity index (χ4n) is 1.57. The largest absolute Gasteiger partial charge is 0.480 e. The lowest BCUT2D eigenvalue weighted by Gasteiger charge is -2.25. The quantitative estimate of drug-likeness (QED) is 0.812. The minimum atomic E-state index is -0.891. The fraction of sp³-hybridized carbons (Fsp3) is 0.500. The van der Waals surface area contributed by atoms with Crippen molar-refractivity contribution in [1.82, 2.24) is 5.32 Å². The van der Waals surface area contributed by atoms with Crippen LogP contribution in [0.5, 0.6) is 0 Å². The van der Waals surface area contributed by atoms with Gasteiger partial charge in [-0.05, 0) is 26.3 Å². The summed E-state index contributed by atoms with van der Waals surface area (Å²) in [7, 11) is 0. The lowest BCUT2D eigenvalue weighted by molar-refractivity contribution is -0.142. The van der Waals surface area contributed by atoms with E-state index in [-0.39, 0.29) is 12.1 Å². The average Bonchev–Trinajstić information content (AvgIpc) is 2.27. The topological polar surface area (TPSA) is 58.6 Å². The maximum atomic E-state index is 11.1. The van der Waals surface area contributed by atoms with E-state index in [2.05, 4.69) is 5.32 Å². The SMILES string of the molecule is CC(C)(C)NC(COCc1ccccc1)C(=O)O. The van der Waals surface area contributed by atoms with Gasteiger partial charge >= 0.3 is 5.97 Å². The van der Waals surface area contributed by atoms with Crippen LogP contribution < -0.4 is 5.32 Å². The number of carboxylic acid groups (broad SMARTS) is 1. The first-order valence-corrected chi connectivity index (χ1v) is 6.00. The monoisotopic (exact) mass is 251 g/mol. The van der Waals surface area contributed by atoms with E-state index >= 15 is 0 Å². The Morgan fingerprint density at radius 3 is 2.44 bits per heavy atom. The molecule has 0 aliphatic heterocycles. The predicted molar refractivity (Wildman–Crippen MR) is 70.4 cm³/mol. The third-order valence-corrected chi connectivity index (χ3v) is 2.30. The minimum Gasteiger partial charge on any atom is -0.480 e. The second kappa shape index (κ2) is 6.52. The predicted octanol–water partition coefficient (Wildman–Crippen LogP) is 2.04. The first-order valence-electron chi connectivity index (χ1n) is 6.00. The minimum absolute atomic E-state index is 0.154. The first-order chi connectivity index (χ1) is 8.38. The van der Waals surface area contributed by atoms with Crippen LogP contribution in [0.1, 0.15) is 26.3 Å². The molecule has 0 spiro atoms. The molecule has 0 fully saturated rings. The highest BCUT2D eigenvalue weighted by atomic mass is 16.5. The Bertz CT molecular complexity index is 370. The molecule has 0 amide bonds. The molecule has 0 saturated carbocycles. The van der Waals surface area contributed by atoms with Crippen molar-refractivity contribution in [3.05, 3.63) is 35.9 Å². The molecule has 0 aliphatic rings. The van der Waals surface area contributed by atoms with Crippen LogP contribution in [0.25, 0.3) is 0 Å². The van der Waals surface area contributed by atoms with E-state index in [1.54, 1.807) is 0 Å². The Labute approximate surface area is 108 Å². The van der Waals surface area contributed by atoms with Gasteiger partial charge in [0.05, 0.1) is 13.2 Å². The van der Waals surface area contributed by atoms with Crippen LogP contribution in [0.15, 0.2) is 30.3 Å². The summed E-state index contributed by atoms with van der Waals surface area (Å²) in [4.78, 5) is 11.1. The third-order valence-electron chi connectivity index (χ3n) is 2.30. The molecule has 18 heavy (non-hydrogen) atoms. The second-order valence-electron chi connectivity index (χ2n) is 5.29. The summed E-state index contributed by atoms with van der Waals surface area (Å²) < 4.78 is 5.45. The van der Waals surface area contributed by atoms with Gasteiger partial charge in [-0.1, -0.05) is 30.3 Å². The van der Waals surface area contributed by atoms with Crippen molar-refractivity contribution < 1.29 is 14.6 Å². The molecule has 2 N–H and O–H groups in total. The third kappa shape index (κ3) is 5.80. The smallest absolute Gasteiger partial charge is 0.323 e. The van der Waals surface area contributed by atoms with E-state index in [1.807, 2.05) is 51.1 Å². The van der Waals surface area contributed by atoms with Gasteiger partial charge in [0.1, 0.15) is 6.04 Å². The molecule has 0 aliphatic carbocycles. The summed E-state index contributed by atoms with van der Waals surface area (Å²) in [5, 5.41) is 12.1. The number of aliphatic carboxylic acids is 1. The zero-order valence-corrected chi connectivity index (χ0v) is 11.1. The van der Waals surface area contributed by atoms with Crippen molar-refractivity contribution in [3.63, 3.8) is 0 Å². The Balaban J connectivity index is 2.41. The van der Waals surface area contributed by atoms with Crippen LogP contribution in [0.2, 0.25) is 0 Å². The van der Waals surface area contributed by atoms with E-state index in [1.165, 1.54) is 0 Å². The number of benzene rings is 1. The Hall–Kier alpha value is -1.39. The van der Waals surface area contributed by atoms with Gasteiger partial charge in [-0.2, -0.15) is 0 Å². The highest BCUT2D eigenvalue weighted by Crippen LogP contribution is 2.04. The van der Waals surface area contributed by atoms with Gasteiger partial charge in [-0.3, -0.25) is 10.1 Å². The van der Waals surface area contributed by atoms with E-state index in [4.69, 9.17) is 9.84 Å². The number of hydrogen-bond donors (Lipinski definition) is 2. The van der Waals surface area contributed by atoms with Gasteiger partial charge in [0.2, 0.25) is 0 Å². The van der Waals surface area contributed by atoms with Crippen LogP contribution in [-0.4, -0.2) is 29.3 Å². The summed E-state index contributed by atoms with van der Waals surface area (Å²) in [5.74, 6) is -0.891. The van der Waals surface area contributed by atoms with Crippen molar-refractivity contribution in [1.29, 1.82) is 0 Å². The normalized spacial score (nSPS) is 13.3. The molecule has 0 radical (unpaired) electrons. The highest BCUT2D eigenvalue weighted by molar-refractivity contribution is 5.73. The summed E-state index contributed by atoms with van der Waals surface area (Å²) in [6.45, 7) is 6.37. The Kier molecular flexibility index (Phi) is 5.31. The molecule has 100 valence electrons. The molecule has 1 atom stereocenters. The lowest BCUT2D eigenvalue weighted by Crippen LogP contribution is -2.50. The Morgan fingerprint density at radius 1 is 1.33 bits per heavy atom. The summed E-state index contributed by atoms with van der Waals surface area (Å²) in [6, 6.07) is 9.01. The summed E-state index contributed by atoms with van der Waals surface area (Å²) in [5.41, 5.74) is 0.788. The molecule has 1 aromatic rings. The zero-order chi connectivity index (χ0) is 13.6. The molecule has 1 unspecified atom stereocenters. The first kappa shape index (κ1) is 14.7. The van der Waals surface area contributed by atoms with E-state index in [0.29, 0.717) is 6.61 Å². The molecule has 4 heteroatoms. The summed E-state index contributed by atoms with van der Waals surface area (Å²) in [6.07, 6.45) is 0. The Morgan fingerprint density at radius 2 is 1.94 bits per heavy atom. The molecule has 0 heterocycles. The number of hydrogen-bond acceptors (Lipinski definition) is 3. The average molecular weight is 251 g/mol. The van der Waals surface area contributed by atoms with E-state index < -0.39 is 12.0 Å². The molecule has 0 saturated heterocycles. The maximum absolute atomic E-state index is 11.1. The fourth-order valence-corrected chi connectivity index (χ4v) is 1.57. The number of nitrogens with one attached hydrogen (secondary N) is 1. The number of ether oxygens (including phenoxy) is 1. The zero-order valence-electron chi connectivity index (χ0n) is 11.1. The van der Waals surface area contributed by atoms with Crippen molar-refractivity contribution in [3.8, 4) is 0 Å². The molecular formula is C14H21NO3. The van der Waals surface area contributed by atoms with Gasteiger partial charge in [-0.15, -0.1) is 0 Å². The lowest BCUT2D eigenvalue weighted by atomic mass is 10.1. The van der Waals surface area contributed by atoms with Crippen LogP contribution in [0.3, 0.4) is 0 Å². The van der Waals surface area contributed by atoms with Crippen molar-refractivity contribution in [2.75, 3.05) is 6.61 Å².